The third kappa shape index (κ3) is 3.36. The van der Waals surface area contributed by atoms with Gasteiger partial charge in [0.2, 0.25) is 0 Å². The van der Waals surface area contributed by atoms with Gasteiger partial charge >= 0.3 is 0 Å². The summed E-state index contributed by atoms with van der Waals surface area (Å²) in [4.78, 5) is 4.13. The van der Waals surface area contributed by atoms with E-state index in [1.807, 2.05) is 18.2 Å². The molecule has 0 fully saturated rings. The molecule has 3 heteroatoms. The summed E-state index contributed by atoms with van der Waals surface area (Å²) in [5, 5.41) is 9.87. The zero-order valence-electron chi connectivity index (χ0n) is 9.38. The normalized spacial score (nSPS) is 12.4. The van der Waals surface area contributed by atoms with Crippen molar-refractivity contribution in [3.63, 3.8) is 0 Å². The van der Waals surface area contributed by atoms with Crippen LogP contribution in [0.3, 0.4) is 0 Å². The predicted octanol–water partition coefficient (Wildman–Crippen LogP) is 2.37. The predicted molar refractivity (Wildman–Crippen MR) is 64.1 cm³/mol. The van der Waals surface area contributed by atoms with Crippen molar-refractivity contribution < 1.29 is 9.50 Å². The molecule has 1 N–H and O–H groups in total. The molecule has 0 aliphatic rings. The van der Waals surface area contributed by atoms with E-state index in [9.17, 15) is 9.50 Å². The van der Waals surface area contributed by atoms with Crippen LogP contribution in [0.25, 0.3) is 0 Å². The van der Waals surface area contributed by atoms with Crippen LogP contribution in [0.5, 0.6) is 0 Å². The average Bonchev–Trinajstić information content (AvgIpc) is 2.33. The molecular weight excluding hydrogens is 217 g/mol. The quantitative estimate of drug-likeness (QED) is 0.876. The van der Waals surface area contributed by atoms with Crippen LogP contribution in [-0.2, 0) is 12.8 Å². The minimum absolute atomic E-state index is 0.271. The SMILES string of the molecule is OC(Cc1ccccn1)Cc1ccccc1F. The Morgan fingerprint density at radius 2 is 1.82 bits per heavy atom. The molecule has 0 spiro atoms. The van der Waals surface area contributed by atoms with Crippen molar-refractivity contribution in [3.05, 3.63) is 65.7 Å². The molecule has 88 valence electrons. The first-order valence-corrected chi connectivity index (χ1v) is 5.57. The van der Waals surface area contributed by atoms with E-state index < -0.39 is 6.10 Å². The Morgan fingerprint density at radius 1 is 1.06 bits per heavy atom. The van der Waals surface area contributed by atoms with Gasteiger partial charge in [-0.05, 0) is 23.8 Å². The van der Waals surface area contributed by atoms with Crippen LogP contribution in [0, 0.1) is 5.82 Å². The van der Waals surface area contributed by atoms with Gasteiger partial charge in [-0.2, -0.15) is 0 Å². The van der Waals surface area contributed by atoms with Crippen LogP contribution in [0.2, 0.25) is 0 Å². The summed E-state index contributed by atoms with van der Waals surface area (Å²) in [6, 6.07) is 12.1. The van der Waals surface area contributed by atoms with E-state index in [0.717, 1.165) is 5.69 Å². The highest BCUT2D eigenvalue weighted by atomic mass is 19.1. The standard InChI is InChI=1S/C14H14FNO/c15-14-7-2-1-5-11(14)9-13(17)10-12-6-3-4-8-16-12/h1-8,13,17H,9-10H2. The van der Waals surface area contributed by atoms with Gasteiger partial charge < -0.3 is 5.11 Å². The molecule has 17 heavy (non-hydrogen) atoms. The van der Waals surface area contributed by atoms with Crippen molar-refractivity contribution in [1.82, 2.24) is 4.98 Å². The van der Waals surface area contributed by atoms with Crippen molar-refractivity contribution in [3.8, 4) is 0 Å². The highest BCUT2D eigenvalue weighted by molar-refractivity contribution is 5.18. The van der Waals surface area contributed by atoms with Crippen LogP contribution >= 0.6 is 0 Å². The minimum atomic E-state index is -0.609. The molecule has 0 saturated heterocycles. The summed E-state index contributed by atoms with van der Waals surface area (Å²) in [5.74, 6) is -0.271. The summed E-state index contributed by atoms with van der Waals surface area (Å²) in [6.45, 7) is 0. The van der Waals surface area contributed by atoms with E-state index in [4.69, 9.17) is 0 Å². The Hall–Kier alpha value is -1.74. The van der Waals surface area contributed by atoms with Gasteiger partial charge in [-0.1, -0.05) is 24.3 Å². The number of aliphatic hydroxyl groups excluding tert-OH is 1. The van der Waals surface area contributed by atoms with E-state index in [1.165, 1.54) is 6.07 Å². The first kappa shape index (κ1) is 11.7. The molecule has 0 bridgehead atoms. The maximum atomic E-state index is 13.4. The van der Waals surface area contributed by atoms with E-state index in [-0.39, 0.29) is 5.82 Å². The number of aromatic nitrogens is 1. The van der Waals surface area contributed by atoms with Crippen molar-refractivity contribution in [2.24, 2.45) is 0 Å². The maximum Gasteiger partial charge on any atom is 0.126 e. The van der Waals surface area contributed by atoms with Gasteiger partial charge in [0, 0.05) is 24.7 Å². The second kappa shape index (κ2) is 5.55. The molecule has 0 saturated carbocycles. The van der Waals surface area contributed by atoms with Crippen LogP contribution in [-0.4, -0.2) is 16.2 Å². The number of halogens is 1. The second-order valence-corrected chi connectivity index (χ2v) is 3.97. The Balaban J connectivity index is 1.98. The maximum absolute atomic E-state index is 13.4. The first-order valence-electron chi connectivity index (χ1n) is 5.57. The van der Waals surface area contributed by atoms with Crippen LogP contribution < -0.4 is 0 Å². The molecule has 0 amide bonds. The Morgan fingerprint density at radius 3 is 2.53 bits per heavy atom. The fourth-order valence-corrected chi connectivity index (χ4v) is 1.75. The molecule has 0 aliphatic carbocycles. The summed E-state index contributed by atoms with van der Waals surface area (Å²) < 4.78 is 13.4. The van der Waals surface area contributed by atoms with Crippen molar-refractivity contribution in [2.75, 3.05) is 0 Å². The lowest BCUT2D eigenvalue weighted by atomic mass is 10.0. The van der Waals surface area contributed by atoms with Crippen molar-refractivity contribution >= 4 is 0 Å². The minimum Gasteiger partial charge on any atom is -0.392 e. The lowest BCUT2D eigenvalue weighted by Gasteiger charge is -2.10. The number of nitrogens with zero attached hydrogens (tertiary/aromatic N) is 1. The Labute approximate surface area is 99.8 Å². The molecule has 2 rings (SSSR count). The summed E-state index contributed by atoms with van der Waals surface area (Å²) in [6.07, 6.45) is 1.82. The number of hydrogen-bond acceptors (Lipinski definition) is 2. The fraction of sp³-hybridized carbons (Fsp3) is 0.214. The number of hydrogen-bond donors (Lipinski definition) is 1. The largest absolute Gasteiger partial charge is 0.392 e. The van der Waals surface area contributed by atoms with Gasteiger partial charge in [0.05, 0.1) is 6.10 Å². The Kier molecular flexibility index (Phi) is 3.83. The third-order valence-electron chi connectivity index (χ3n) is 2.58. The summed E-state index contributed by atoms with van der Waals surface area (Å²) in [7, 11) is 0. The van der Waals surface area contributed by atoms with E-state index >= 15 is 0 Å². The number of aliphatic hydroxyl groups is 1. The van der Waals surface area contributed by atoms with Gasteiger partial charge in [0.1, 0.15) is 5.82 Å². The first-order chi connectivity index (χ1) is 8.25. The lowest BCUT2D eigenvalue weighted by Crippen LogP contribution is -2.15. The van der Waals surface area contributed by atoms with Gasteiger partial charge in [-0.3, -0.25) is 4.98 Å². The number of pyridine rings is 1. The highest BCUT2D eigenvalue weighted by Gasteiger charge is 2.10. The summed E-state index contributed by atoms with van der Waals surface area (Å²) >= 11 is 0. The molecule has 1 aromatic heterocycles. The van der Waals surface area contributed by atoms with Gasteiger partial charge in [-0.25, -0.2) is 4.39 Å². The molecule has 2 aromatic rings. The number of benzene rings is 1. The van der Waals surface area contributed by atoms with Crippen molar-refractivity contribution in [1.29, 1.82) is 0 Å². The molecule has 0 aliphatic heterocycles. The van der Waals surface area contributed by atoms with E-state index in [1.54, 1.807) is 24.4 Å². The lowest BCUT2D eigenvalue weighted by molar-refractivity contribution is 0.173. The third-order valence-corrected chi connectivity index (χ3v) is 2.58. The molecule has 1 atom stereocenters. The average molecular weight is 231 g/mol. The molecule has 1 unspecified atom stereocenters. The van der Waals surface area contributed by atoms with Gasteiger partial charge in [0.25, 0.3) is 0 Å². The van der Waals surface area contributed by atoms with Crippen LogP contribution in [0.1, 0.15) is 11.3 Å². The smallest absolute Gasteiger partial charge is 0.126 e. The zero-order valence-corrected chi connectivity index (χ0v) is 9.38. The summed E-state index contributed by atoms with van der Waals surface area (Å²) in [5.41, 5.74) is 1.35. The highest BCUT2D eigenvalue weighted by Crippen LogP contribution is 2.11. The van der Waals surface area contributed by atoms with Gasteiger partial charge in [-0.15, -0.1) is 0 Å². The van der Waals surface area contributed by atoms with E-state index in [0.29, 0.717) is 18.4 Å². The second-order valence-electron chi connectivity index (χ2n) is 3.97. The zero-order chi connectivity index (χ0) is 12.1. The molecule has 1 aromatic carbocycles. The Bertz CT molecular complexity index is 473. The molecule has 2 nitrogen and oxygen atoms in total. The molecule has 0 radical (unpaired) electrons. The fourth-order valence-electron chi connectivity index (χ4n) is 1.75. The molecular formula is C14H14FNO. The van der Waals surface area contributed by atoms with Crippen molar-refractivity contribution in [2.45, 2.75) is 18.9 Å². The van der Waals surface area contributed by atoms with E-state index in [2.05, 4.69) is 4.98 Å². The molecule has 1 heterocycles. The van der Waals surface area contributed by atoms with Crippen LogP contribution in [0.15, 0.2) is 48.7 Å². The van der Waals surface area contributed by atoms with Crippen LogP contribution in [0.4, 0.5) is 4.39 Å². The topological polar surface area (TPSA) is 33.1 Å². The monoisotopic (exact) mass is 231 g/mol. The van der Waals surface area contributed by atoms with Gasteiger partial charge in [0.15, 0.2) is 0 Å². The number of rotatable bonds is 4.